The number of nitrogens with two attached hydrogens (primary N) is 1. The van der Waals surface area contributed by atoms with Gasteiger partial charge in [-0.25, -0.2) is 4.98 Å². The second-order valence-electron chi connectivity index (χ2n) is 3.77. The highest BCUT2D eigenvalue weighted by Gasteiger charge is 2.17. The molecule has 0 aliphatic carbocycles. The number of rotatable bonds is 1. The highest BCUT2D eigenvalue weighted by Crippen LogP contribution is 2.44. The second-order valence-corrected chi connectivity index (χ2v) is 5.34. The van der Waals surface area contributed by atoms with E-state index in [1.807, 2.05) is 6.92 Å². The van der Waals surface area contributed by atoms with E-state index in [2.05, 4.69) is 4.98 Å². The standard InChI is InChI=1S/C12H8Cl4N2/c1-5-2-9(17)18-4-6(5)10-11(15)7(13)3-8(14)12(10)16/h2-4H,1H3,(H2,17,18). The monoisotopic (exact) mass is 320 g/mol. The van der Waals surface area contributed by atoms with E-state index in [0.717, 1.165) is 11.1 Å². The zero-order valence-corrected chi connectivity index (χ0v) is 12.3. The number of aryl methyl sites for hydroxylation is 1. The number of hydrogen-bond acceptors (Lipinski definition) is 2. The van der Waals surface area contributed by atoms with E-state index >= 15 is 0 Å². The van der Waals surface area contributed by atoms with Gasteiger partial charge in [0.05, 0.1) is 20.1 Å². The average Bonchev–Trinajstić information content (AvgIpc) is 2.29. The lowest BCUT2D eigenvalue weighted by molar-refractivity contribution is 1.29. The van der Waals surface area contributed by atoms with Crippen LogP contribution in [0, 0.1) is 6.92 Å². The lowest BCUT2D eigenvalue weighted by Gasteiger charge is -2.12. The van der Waals surface area contributed by atoms with Gasteiger partial charge in [0.2, 0.25) is 0 Å². The van der Waals surface area contributed by atoms with E-state index in [1.54, 1.807) is 12.3 Å². The fourth-order valence-electron chi connectivity index (χ4n) is 1.65. The highest BCUT2D eigenvalue weighted by atomic mass is 35.5. The summed E-state index contributed by atoms with van der Waals surface area (Å²) in [6, 6.07) is 3.24. The Morgan fingerprint density at radius 1 is 1.00 bits per heavy atom. The molecule has 0 fully saturated rings. The Hall–Kier alpha value is -0.670. The van der Waals surface area contributed by atoms with Gasteiger partial charge in [0.1, 0.15) is 5.82 Å². The topological polar surface area (TPSA) is 38.9 Å². The zero-order valence-electron chi connectivity index (χ0n) is 9.27. The summed E-state index contributed by atoms with van der Waals surface area (Å²) in [6.45, 7) is 1.88. The van der Waals surface area contributed by atoms with E-state index in [1.165, 1.54) is 6.07 Å². The van der Waals surface area contributed by atoms with Crippen LogP contribution in [-0.2, 0) is 0 Å². The van der Waals surface area contributed by atoms with Crippen molar-refractivity contribution in [3.8, 4) is 11.1 Å². The molecule has 0 radical (unpaired) electrons. The van der Waals surface area contributed by atoms with Gasteiger partial charge in [-0.2, -0.15) is 0 Å². The molecule has 0 amide bonds. The molecule has 2 aromatic rings. The fourth-order valence-corrected chi connectivity index (χ4v) is 2.66. The molecule has 0 unspecified atom stereocenters. The molecule has 0 aliphatic rings. The molecule has 2 rings (SSSR count). The van der Waals surface area contributed by atoms with Crippen molar-refractivity contribution in [2.24, 2.45) is 0 Å². The Morgan fingerprint density at radius 2 is 1.56 bits per heavy atom. The summed E-state index contributed by atoms with van der Waals surface area (Å²) in [5.74, 6) is 0.427. The van der Waals surface area contributed by atoms with Crippen LogP contribution in [0.4, 0.5) is 5.82 Å². The number of benzene rings is 1. The number of nitrogens with zero attached hydrogens (tertiary/aromatic N) is 1. The fraction of sp³-hybridized carbons (Fsp3) is 0.0833. The highest BCUT2D eigenvalue weighted by molar-refractivity contribution is 6.50. The van der Waals surface area contributed by atoms with Gasteiger partial charge < -0.3 is 5.73 Å². The minimum Gasteiger partial charge on any atom is -0.384 e. The molecule has 94 valence electrons. The van der Waals surface area contributed by atoms with Crippen molar-refractivity contribution in [1.82, 2.24) is 4.98 Å². The third-order valence-corrected chi connectivity index (χ3v) is 4.09. The average molecular weight is 322 g/mol. The van der Waals surface area contributed by atoms with E-state index < -0.39 is 0 Å². The minimum atomic E-state index is 0.345. The maximum atomic E-state index is 6.18. The van der Waals surface area contributed by atoms with Crippen molar-refractivity contribution in [3.63, 3.8) is 0 Å². The van der Waals surface area contributed by atoms with Crippen molar-refractivity contribution in [2.75, 3.05) is 5.73 Å². The number of nitrogen functional groups attached to an aromatic ring is 1. The summed E-state index contributed by atoms with van der Waals surface area (Å²) in [4.78, 5) is 4.03. The Balaban J connectivity index is 2.78. The molecule has 0 aliphatic heterocycles. The van der Waals surface area contributed by atoms with E-state index in [0.29, 0.717) is 31.5 Å². The molecule has 0 saturated carbocycles. The third-order valence-electron chi connectivity index (χ3n) is 2.51. The van der Waals surface area contributed by atoms with Gasteiger partial charge in [-0.15, -0.1) is 0 Å². The number of aromatic nitrogens is 1. The van der Waals surface area contributed by atoms with Crippen LogP contribution in [0.2, 0.25) is 20.1 Å². The quantitative estimate of drug-likeness (QED) is 0.728. The van der Waals surface area contributed by atoms with Crippen LogP contribution in [0.25, 0.3) is 11.1 Å². The summed E-state index contributed by atoms with van der Waals surface area (Å²) in [7, 11) is 0. The lowest BCUT2D eigenvalue weighted by Crippen LogP contribution is -1.94. The predicted molar refractivity (Wildman–Crippen MR) is 78.9 cm³/mol. The van der Waals surface area contributed by atoms with Crippen molar-refractivity contribution >= 4 is 52.2 Å². The number of anilines is 1. The Labute approximate surface area is 125 Å². The summed E-state index contributed by atoms with van der Waals surface area (Å²) in [5.41, 5.74) is 7.83. The van der Waals surface area contributed by atoms with Gasteiger partial charge in [-0.05, 0) is 24.6 Å². The summed E-state index contributed by atoms with van der Waals surface area (Å²) >= 11 is 24.4. The van der Waals surface area contributed by atoms with Crippen molar-refractivity contribution in [2.45, 2.75) is 6.92 Å². The summed E-state index contributed by atoms with van der Waals surface area (Å²) in [6.07, 6.45) is 1.60. The van der Waals surface area contributed by atoms with Crippen LogP contribution < -0.4 is 5.73 Å². The third kappa shape index (κ3) is 2.39. The first-order chi connectivity index (χ1) is 8.41. The van der Waals surface area contributed by atoms with Gasteiger partial charge in [0, 0.05) is 17.3 Å². The Morgan fingerprint density at radius 3 is 2.06 bits per heavy atom. The van der Waals surface area contributed by atoms with Crippen molar-refractivity contribution in [3.05, 3.63) is 44.0 Å². The molecule has 0 spiro atoms. The molecule has 0 bridgehead atoms. The smallest absolute Gasteiger partial charge is 0.123 e. The number of halogens is 4. The molecule has 1 aromatic carbocycles. The van der Waals surface area contributed by atoms with Gasteiger partial charge in [0.15, 0.2) is 0 Å². The summed E-state index contributed by atoms with van der Waals surface area (Å²) < 4.78 is 0. The van der Waals surface area contributed by atoms with Crippen LogP contribution in [0.15, 0.2) is 18.3 Å². The second kappa shape index (κ2) is 5.14. The van der Waals surface area contributed by atoms with E-state index in [-0.39, 0.29) is 0 Å². The molecule has 6 heteroatoms. The predicted octanol–water partition coefficient (Wildman–Crippen LogP) is 5.25. The van der Waals surface area contributed by atoms with Gasteiger partial charge in [-0.3, -0.25) is 0 Å². The van der Waals surface area contributed by atoms with E-state index in [4.69, 9.17) is 52.1 Å². The molecule has 1 heterocycles. The van der Waals surface area contributed by atoms with Crippen molar-refractivity contribution < 1.29 is 0 Å². The van der Waals surface area contributed by atoms with Crippen LogP contribution in [0.3, 0.4) is 0 Å². The first-order valence-electron chi connectivity index (χ1n) is 4.97. The zero-order chi connectivity index (χ0) is 13.4. The first kappa shape index (κ1) is 13.8. The molecular formula is C12H8Cl4N2. The van der Waals surface area contributed by atoms with Gasteiger partial charge in [0.25, 0.3) is 0 Å². The van der Waals surface area contributed by atoms with Crippen molar-refractivity contribution in [1.29, 1.82) is 0 Å². The number of pyridine rings is 1. The van der Waals surface area contributed by atoms with Crippen LogP contribution in [-0.4, -0.2) is 4.98 Å². The molecule has 2 N–H and O–H groups in total. The molecule has 0 saturated heterocycles. The molecule has 18 heavy (non-hydrogen) atoms. The normalized spacial score (nSPS) is 10.7. The van der Waals surface area contributed by atoms with Crippen LogP contribution in [0.1, 0.15) is 5.56 Å². The van der Waals surface area contributed by atoms with E-state index in [9.17, 15) is 0 Å². The Bertz CT molecular complexity index is 600. The van der Waals surface area contributed by atoms with Gasteiger partial charge >= 0.3 is 0 Å². The summed E-state index contributed by atoms with van der Waals surface area (Å²) in [5, 5.41) is 1.39. The SMILES string of the molecule is Cc1cc(N)ncc1-c1c(Cl)c(Cl)cc(Cl)c1Cl. The minimum absolute atomic E-state index is 0.345. The molecule has 0 atom stereocenters. The first-order valence-corrected chi connectivity index (χ1v) is 6.48. The van der Waals surface area contributed by atoms with Gasteiger partial charge in [-0.1, -0.05) is 46.4 Å². The lowest BCUT2D eigenvalue weighted by atomic mass is 10.0. The Kier molecular flexibility index (Phi) is 3.93. The molecule has 1 aromatic heterocycles. The maximum Gasteiger partial charge on any atom is 0.123 e. The molecule has 2 nitrogen and oxygen atoms in total. The maximum absolute atomic E-state index is 6.18. The largest absolute Gasteiger partial charge is 0.384 e. The number of hydrogen-bond donors (Lipinski definition) is 1. The van der Waals surface area contributed by atoms with Crippen LogP contribution >= 0.6 is 46.4 Å². The van der Waals surface area contributed by atoms with Crippen LogP contribution in [0.5, 0.6) is 0 Å². The molecular weight excluding hydrogens is 314 g/mol.